The molecule has 0 radical (unpaired) electrons. The Hall–Kier alpha value is -2.65. The number of imide groups is 1. The van der Waals surface area contributed by atoms with Gasteiger partial charge in [-0.2, -0.15) is 0 Å². The second-order valence-corrected chi connectivity index (χ2v) is 8.08. The van der Waals surface area contributed by atoms with Gasteiger partial charge in [0.2, 0.25) is 5.91 Å². The van der Waals surface area contributed by atoms with Crippen molar-refractivity contribution in [2.24, 2.45) is 0 Å². The minimum Gasteiger partial charge on any atom is -0.341 e. The van der Waals surface area contributed by atoms with Gasteiger partial charge in [0.25, 0.3) is 5.56 Å². The molecule has 0 aliphatic rings. The molecular formula is C19H17BrN4O3S. The summed E-state index contributed by atoms with van der Waals surface area (Å²) in [5, 5.41) is 4.75. The number of benzene rings is 2. The van der Waals surface area contributed by atoms with Crippen LogP contribution >= 0.6 is 27.7 Å². The highest BCUT2D eigenvalue weighted by atomic mass is 79.9. The second-order valence-electron chi connectivity index (χ2n) is 5.86. The van der Waals surface area contributed by atoms with Gasteiger partial charge in [-0.25, -0.2) is 9.78 Å². The van der Waals surface area contributed by atoms with E-state index in [1.54, 1.807) is 37.3 Å². The Bertz CT molecular complexity index is 1100. The number of carbonyl (C=O) groups is 2. The summed E-state index contributed by atoms with van der Waals surface area (Å²) in [5.74, 6) is -0.478. The van der Waals surface area contributed by atoms with E-state index >= 15 is 0 Å². The Labute approximate surface area is 173 Å². The Morgan fingerprint density at radius 1 is 1.18 bits per heavy atom. The first-order valence-electron chi connectivity index (χ1n) is 8.37. The molecule has 3 amide bonds. The van der Waals surface area contributed by atoms with Crippen molar-refractivity contribution in [3.8, 4) is 5.69 Å². The zero-order valence-electron chi connectivity index (χ0n) is 15.1. The quantitative estimate of drug-likeness (QED) is 0.460. The standard InChI is InChI=1S/C19H17BrN4O3S/c1-11(16(25)23-18(27)21-2)28-19-22-15-9-8-12(20)10-14(15)17(26)24(19)13-6-4-3-5-7-13/h3-11H,1-2H3,(H2,21,23,25,27)/t11-/m0/s1. The van der Waals surface area contributed by atoms with Gasteiger partial charge in [0.15, 0.2) is 5.16 Å². The predicted molar refractivity (Wildman–Crippen MR) is 113 cm³/mol. The molecule has 2 aromatic carbocycles. The summed E-state index contributed by atoms with van der Waals surface area (Å²) in [5.41, 5.74) is 0.934. The van der Waals surface area contributed by atoms with E-state index in [0.29, 0.717) is 21.7 Å². The minimum atomic E-state index is -0.646. The highest BCUT2D eigenvalue weighted by Gasteiger charge is 2.21. The summed E-state index contributed by atoms with van der Waals surface area (Å²) in [6.45, 7) is 1.65. The number of fused-ring (bicyclic) bond motifs is 1. The van der Waals surface area contributed by atoms with Gasteiger partial charge in [-0.15, -0.1) is 0 Å². The van der Waals surface area contributed by atoms with Crippen LogP contribution in [0.1, 0.15) is 6.92 Å². The van der Waals surface area contributed by atoms with E-state index in [4.69, 9.17) is 0 Å². The smallest absolute Gasteiger partial charge is 0.321 e. The van der Waals surface area contributed by atoms with Gasteiger partial charge in [-0.3, -0.25) is 19.5 Å². The molecule has 1 aromatic heterocycles. The van der Waals surface area contributed by atoms with Crippen LogP contribution in [0.2, 0.25) is 0 Å². The minimum absolute atomic E-state index is 0.237. The van der Waals surface area contributed by atoms with E-state index in [1.165, 1.54) is 11.6 Å². The average molecular weight is 461 g/mol. The van der Waals surface area contributed by atoms with E-state index in [0.717, 1.165) is 16.2 Å². The fraction of sp³-hybridized carbons (Fsp3) is 0.158. The van der Waals surface area contributed by atoms with Crippen molar-refractivity contribution in [1.29, 1.82) is 0 Å². The van der Waals surface area contributed by atoms with Crippen LogP contribution in [0.25, 0.3) is 16.6 Å². The first-order valence-corrected chi connectivity index (χ1v) is 10.0. The van der Waals surface area contributed by atoms with Crippen molar-refractivity contribution in [3.63, 3.8) is 0 Å². The second kappa shape index (κ2) is 8.57. The van der Waals surface area contributed by atoms with Gasteiger partial charge < -0.3 is 5.32 Å². The molecule has 0 bridgehead atoms. The van der Waals surface area contributed by atoms with Crippen LogP contribution in [0, 0.1) is 0 Å². The first-order chi connectivity index (χ1) is 13.4. The van der Waals surface area contributed by atoms with Crippen molar-refractivity contribution in [3.05, 3.63) is 63.4 Å². The van der Waals surface area contributed by atoms with Gasteiger partial charge in [0.05, 0.1) is 21.8 Å². The molecule has 144 valence electrons. The number of carbonyl (C=O) groups excluding carboxylic acids is 2. The van der Waals surface area contributed by atoms with Crippen LogP contribution in [0.3, 0.4) is 0 Å². The number of rotatable bonds is 4. The van der Waals surface area contributed by atoms with E-state index in [2.05, 4.69) is 31.5 Å². The van der Waals surface area contributed by atoms with Crippen LogP contribution in [0.5, 0.6) is 0 Å². The summed E-state index contributed by atoms with van der Waals surface area (Å²) in [6.07, 6.45) is 0. The van der Waals surface area contributed by atoms with Crippen molar-refractivity contribution < 1.29 is 9.59 Å². The molecule has 3 rings (SSSR count). The topological polar surface area (TPSA) is 93.1 Å². The zero-order chi connectivity index (χ0) is 20.3. The van der Waals surface area contributed by atoms with E-state index in [1.807, 2.05) is 18.2 Å². The van der Waals surface area contributed by atoms with E-state index < -0.39 is 17.2 Å². The summed E-state index contributed by atoms with van der Waals surface area (Å²) in [6, 6.07) is 13.8. The lowest BCUT2D eigenvalue weighted by Gasteiger charge is -2.16. The number of urea groups is 1. The molecule has 28 heavy (non-hydrogen) atoms. The van der Waals surface area contributed by atoms with Crippen molar-refractivity contribution >= 4 is 50.5 Å². The van der Waals surface area contributed by atoms with Gasteiger partial charge in [0.1, 0.15) is 0 Å². The zero-order valence-corrected chi connectivity index (χ0v) is 17.5. The molecule has 7 nitrogen and oxygen atoms in total. The SMILES string of the molecule is CNC(=O)NC(=O)[C@H](C)Sc1nc2ccc(Br)cc2c(=O)n1-c1ccccc1. The van der Waals surface area contributed by atoms with E-state index in [-0.39, 0.29) is 5.56 Å². The average Bonchev–Trinajstić information content (AvgIpc) is 2.69. The molecular weight excluding hydrogens is 444 g/mol. The first kappa shape index (κ1) is 20.1. The number of nitrogens with one attached hydrogen (secondary N) is 2. The van der Waals surface area contributed by atoms with Crippen LogP contribution in [-0.2, 0) is 4.79 Å². The molecule has 2 N–H and O–H groups in total. The molecule has 1 atom stereocenters. The molecule has 0 saturated heterocycles. The molecule has 1 heterocycles. The van der Waals surface area contributed by atoms with Crippen molar-refractivity contribution in [1.82, 2.24) is 20.2 Å². The van der Waals surface area contributed by atoms with Gasteiger partial charge in [-0.1, -0.05) is 45.9 Å². The lowest BCUT2D eigenvalue weighted by Crippen LogP contribution is -2.41. The summed E-state index contributed by atoms with van der Waals surface area (Å²) < 4.78 is 2.25. The maximum absolute atomic E-state index is 13.2. The summed E-state index contributed by atoms with van der Waals surface area (Å²) >= 11 is 4.49. The third kappa shape index (κ3) is 4.26. The monoisotopic (exact) mass is 460 g/mol. The van der Waals surface area contributed by atoms with Gasteiger partial charge >= 0.3 is 6.03 Å². The fourth-order valence-electron chi connectivity index (χ4n) is 2.51. The molecule has 3 aromatic rings. The molecule has 0 unspecified atom stereocenters. The lowest BCUT2D eigenvalue weighted by atomic mass is 10.2. The number of thioether (sulfide) groups is 1. The van der Waals surface area contributed by atoms with Crippen LogP contribution < -0.4 is 16.2 Å². The number of hydrogen-bond donors (Lipinski definition) is 2. The highest BCUT2D eigenvalue weighted by Crippen LogP contribution is 2.26. The third-order valence-electron chi connectivity index (χ3n) is 3.93. The summed E-state index contributed by atoms with van der Waals surface area (Å²) in [7, 11) is 1.43. The Kier molecular flexibility index (Phi) is 6.15. The number of amides is 3. The molecule has 0 fully saturated rings. The number of para-hydroxylation sites is 1. The number of halogens is 1. The normalized spacial score (nSPS) is 11.8. The number of hydrogen-bond acceptors (Lipinski definition) is 5. The molecule has 9 heteroatoms. The Morgan fingerprint density at radius 3 is 2.57 bits per heavy atom. The van der Waals surface area contributed by atoms with Crippen molar-refractivity contribution in [2.75, 3.05) is 7.05 Å². The molecule has 0 aliphatic carbocycles. The molecule has 0 saturated carbocycles. The third-order valence-corrected chi connectivity index (χ3v) is 5.47. The van der Waals surface area contributed by atoms with Crippen molar-refractivity contribution in [2.45, 2.75) is 17.3 Å². The van der Waals surface area contributed by atoms with Gasteiger partial charge in [0, 0.05) is 11.5 Å². The number of aromatic nitrogens is 2. The fourth-order valence-corrected chi connectivity index (χ4v) is 3.80. The molecule has 0 spiro atoms. The Morgan fingerprint density at radius 2 is 1.89 bits per heavy atom. The van der Waals surface area contributed by atoms with Crippen LogP contribution in [0.15, 0.2) is 63.0 Å². The lowest BCUT2D eigenvalue weighted by molar-refractivity contribution is -0.119. The molecule has 0 aliphatic heterocycles. The predicted octanol–water partition coefficient (Wildman–Crippen LogP) is 3.08. The highest BCUT2D eigenvalue weighted by molar-refractivity contribution is 9.10. The number of nitrogens with zero attached hydrogens (tertiary/aromatic N) is 2. The van der Waals surface area contributed by atoms with Crippen LogP contribution in [-0.4, -0.2) is 33.8 Å². The Balaban J connectivity index is 2.10. The van der Waals surface area contributed by atoms with Crippen LogP contribution in [0.4, 0.5) is 4.79 Å². The van der Waals surface area contributed by atoms with Gasteiger partial charge in [-0.05, 0) is 37.3 Å². The maximum atomic E-state index is 13.2. The summed E-state index contributed by atoms with van der Waals surface area (Å²) in [4.78, 5) is 41.4. The largest absolute Gasteiger partial charge is 0.341 e. The van der Waals surface area contributed by atoms with E-state index in [9.17, 15) is 14.4 Å². The maximum Gasteiger partial charge on any atom is 0.321 e.